The van der Waals surface area contributed by atoms with Gasteiger partial charge >= 0.3 is 0 Å². The number of anilines is 5. The van der Waals surface area contributed by atoms with Crippen LogP contribution in [0.5, 0.6) is 0 Å². The number of nitrogens with one attached hydrogen (secondary N) is 2. The van der Waals surface area contributed by atoms with E-state index in [-0.39, 0.29) is 52.4 Å². The molecule has 28 heteroatoms. The Kier molecular flexibility index (Phi) is 22.0. The SMILES string of the molecule is CC1CCc2nc3c(F)cc(-c4nc(Cl)ncc4F)cc3n21.CCN1CCC(c2ccc(N)nc2)CC1.CCN1CCC(c2ccc(Nc3ncc(F)c(-c4cc(F)c5nc6n(c5c4)C(C)CC6)n3)nc2)CC1.CCN1CCC(c2ccc(Nc3ncc(F)c(-c4cc(F)c5nc6n(c5c4)C(C)CC6)n3)nc2)CC1. The van der Waals surface area contributed by atoms with Crippen molar-refractivity contribution in [1.82, 2.24) is 88.2 Å². The summed E-state index contributed by atoms with van der Waals surface area (Å²) >= 11 is 5.72. The molecule has 4 N–H and O–H groups in total. The van der Waals surface area contributed by atoms with Gasteiger partial charge in [0.25, 0.3) is 0 Å². The summed E-state index contributed by atoms with van der Waals surface area (Å²) in [6.45, 7) is 23.1. The van der Waals surface area contributed by atoms with Gasteiger partial charge in [-0.3, -0.25) is 0 Å². The van der Waals surface area contributed by atoms with Crippen molar-refractivity contribution in [3.63, 3.8) is 0 Å². The summed E-state index contributed by atoms with van der Waals surface area (Å²) in [5.41, 5.74) is 13.4. The molecule has 9 aromatic heterocycles. The normalized spacial score (nSPS) is 18.4. The Bertz CT molecular complexity index is 5030. The number of likely N-dealkylation sites (tertiary alicyclic amines) is 3. The third-order valence-electron chi connectivity index (χ3n) is 22.5. The van der Waals surface area contributed by atoms with E-state index in [0.717, 1.165) is 140 Å². The highest BCUT2D eigenvalue weighted by atomic mass is 35.5. The van der Waals surface area contributed by atoms with Crippen molar-refractivity contribution >= 4 is 74.1 Å². The molecule has 15 heterocycles. The summed E-state index contributed by atoms with van der Waals surface area (Å²) < 4.78 is 93.9. The molecular weight excluding hydrogens is 1420 g/mol. The number of aryl methyl sites for hydroxylation is 3. The fourth-order valence-electron chi connectivity index (χ4n) is 16.3. The van der Waals surface area contributed by atoms with Gasteiger partial charge in [0.15, 0.2) is 34.9 Å². The van der Waals surface area contributed by atoms with E-state index in [0.29, 0.717) is 85.0 Å². The maximum atomic E-state index is 15.0. The molecular formula is C81H88ClF6N21. The molecule has 0 radical (unpaired) electrons. The lowest BCUT2D eigenvalue weighted by atomic mass is 9.90. The minimum Gasteiger partial charge on any atom is -0.384 e. The number of nitrogens with zero attached hydrogens (tertiary/aromatic N) is 18. The molecule has 0 spiro atoms. The molecule has 0 amide bonds. The zero-order valence-corrected chi connectivity index (χ0v) is 62.7. The molecule has 0 saturated carbocycles. The first-order valence-electron chi connectivity index (χ1n) is 38.0. The number of hydrogen-bond acceptors (Lipinski definition) is 18. The summed E-state index contributed by atoms with van der Waals surface area (Å²) in [4.78, 5) is 58.3. The second kappa shape index (κ2) is 32.2. The van der Waals surface area contributed by atoms with Crippen LogP contribution in [0.3, 0.4) is 0 Å². The van der Waals surface area contributed by atoms with Gasteiger partial charge in [-0.15, -0.1) is 0 Å². The second-order valence-electron chi connectivity index (χ2n) is 29.3. The van der Waals surface area contributed by atoms with Crippen molar-refractivity contribution in [2.75, 3.05) is 75.3 Å². The minimum absolute atomic E-state index is 0.0120. The summed E-state index contributed by atoms with van der Waals surface area (Å²) in [7, 11) is 0. The summed E-state index contributed by atoms with van der Waals surface area (Å²) in [6.07, 6.45) is 21.3. The Morgan fingerprint density at radius 1 is 0.385 bits per heavy atom. The number of halogens is 7. The van der Waals surface area contributed by atoms with Gasteiger partial charge in [0.05, 0.1) is 35.1 Å². The smallest absolute Gasteiger partial charge is 0.229 e. The molecule has 21 nitrogen and oxygen atoms in total. The van der Waals surface area contributed by atoms with Crippen LogP contribution in [0.25, 0.3) is 66.9 Å². The van der Waals surface area contributed by atoms with E-state index in [9.17, 15) is 26.3 Å². The molecule has 566 valence electrons. The molecule has 3 unspecified atom stereocenters. The quantitative estimate of drug-likeness (QED) is 0.0720. The molecule has 12 aromatic rings. The number of piperidine rings is 3. The van der Waals surface area contributed by atoms with Crippen LogP contribution in [0.4, 0.5) is 55.7 Å². The summed E-state index contributed by atoms with van der Waals surface area (Å²) in [5, 5.41) is 6.05. The van der Waals surface area contributed by atoms with E-state index in [1.165, 1.54) is 67.4 Å². The Labute approximate surface area is 633 Å². The van der Waals surface area contributed by atoms with Gasteiger partial charge in [-0.1, -0.05) is 39.0 Å². The number of hydrogen-bond donors (Lipinski definition) is 3. The molecule has 0 aliphatic carbocycles. The number of benzene rings is 3. The van der Waals surface area contributed by atoms with Gasteiger partial charge in [-0.2, -0.15) is 0 Å². The fraction of sp³-hybridized carbons (Fsp3) is 0.407. The van der Waals surface area contributed by atoms with Crippen molar-refractivity contribution in [2.45, 2.75) is 154 Å². The van der Waals surface area contributed by atoms with Gasteiger partial charge in [0, 0.05) is 72.7 Å². The van der Waals surface area contributed by atoms with Crippen LogP contribution in [-0.4, -0.2) is 147 Å². The first-order valence-corrected chi connectivity index (χ1v) is 38.4. The molecule has 6 aliphatic rings. The van der Waals surface area contributed by atoms with E-state index >= 15 is 0 Å². The maximum absolute atomic E-state index is 15.0. The number of nitrogen functional groups attached to an aromatic ring is 1. The number of pyridine rings is 3. The highest BCUT2D eigenvalue weighted by Gasteiger charge is 2.30. The van der Waals surface area contributed by atoms with Gasteiger partial charge in [0.2, 0.25) is 17.2 Å². The molecule has 18 rings (SSSR count). The predicted octanol–water partition coefficient (Wildman–Crippen LogP) is 17.0. The maximum Gasteiger partial charge on any atom is 0.229 e. The molecule has 3 saturated heterocycles. The number of rotatable bonds is 13. The van der Waals surface area contributed by atoms with Gasteiger partial charge in [0.1, 0.15) is 68.6 Å². The Balaban J connectivity index is 0.000000122. The van der Waals surface area contributed by atoms with Gasteiger partial charge in [-0.05, 0) is 238 Å². The van der Waals surface area contributed by atoms with Crippen molar-refractivity contribution in [2.24, 2.45) is 0 Å². The van der Waals surface area contributed by atoms with Crippen molar-refractivity contribution in [3.05, 3.63) is 184 Å². The molecule has 0 bridgehead atoms. The van der Waals surface area contributed by atoms with Crippen LogP contribution in [-0.2, 0) is 19.3 Å². The van der Waals surface area contributed by atoms with E-state index in [4.69, 9.17) is 17.3 Å². The van der Waals surface area contributed by atoms with E-state index in [1.54, 1.807) is 18.2 Å². The van der Waals surface area contributed by atoms with Crippen molar-refractivity contribution in [3.8, 4) is 33.8 Å². The average molecular weight is 1510 g/mol. The minimum atomic E-state index is -0.641. The molecule has 3 aromatic carbocycles. The highest BCUT2D eigenvalue weighted by molar-refractivity contribution is 6.28. The van der Waals surface area contributed by atoms with Crippen LogP contribution in [0.15, 0.2) is 110 Å². The zero-order valence-electron chi connectivity index (χ0n) is 62.0. The molecule has 6 aliphatic heterocycles. The fourth-order valence-corrected chi connectivity index (χ4v) is 16.4. The summed E-state index contributed by atoms with van der Waals surface area (Å²) in [5.74, 6) is 3.15. The van der Waals surface area contributed by atoms with Crippen LogP contribution in [0.2, 0.25) is 5.28 Å². The third-order valence-corrected chi connectivity index (χ3v) is 22.7. The number of imidazole rings is 3. The van der Waals surface area contributed by atoms with Crippen LogP contribution >= 0.6 is 11.6 Å². The Morgan fingerprint density at radius 2 is 0.716 bits per heavy atom. The van der Waals surface area contributed by atoms with E-state index < -0.39 is 34.9 Å². The number of fused-ring (bicyclic) bond motifs is 9. The van der Waals surface area contributed by atoms with Gasteiger partial charge in [-0.25, -0.2) is 86.2 Å². The highest BCUT2D eigenvalue weighted by Crippen LogP contribution is 2.40. The average Bonchev–Trinajstić information content (AvgIpc) is 1.61. The standard InChI is InChI=1S/2C27H29F2N7.C15H11ClF2N4.C12H19N3/c2*1-3-35-10-8-17(9-11-35)18-5-6-23(30-14-18)32-27-31-15-21(29)25(34-27)19-12-20(28)26-22(13-19)36-16(2)4-7-24(36)33-26;1-7-2-3-12-20-14-9(17)4-8(5-11(14)22(7)12)13-10(18)6-19-15(16)21-13;1-2-15-7-5-10(6-8-15)11-3-4-12(13)14-9-11/h2*5-6,12-17H,3-4,7-11H2,1-2H3,(H,30,31,32,34);4-7H,2-3H2,1H3;3-4,9-10H,2,5-8H2,1H3,(H2,13,14). The Hall–Kier alpha value is -10.1. The van der Waals surface area contributed by atoms with Crippen LogP contribution in [0, 0.1) is 34.9 Å². The molecule has 3 atom stereocenters. The second-order valence-corrected chi connectivity index (χ2v) is 29.6. The molecule has 109 heavy (non-hydrogen) atoms. The lowest BCUT2D eigenvalue weighted by Crippen LogP contribution is -2.32. The van der Waals surface area contributed by atoms with Crippen LogP contribution < -0.4 is 16.4 Å². The van der Waals surface area contributed by atoms with Gasteiger partial charge < -0.3 is 44.8 Å². The zero-order chi connectivity index (χ0) is 75.7. The summed E-state index contributed by atoms with van der Waals surface area (Å²) in [6, 6.07) is 21.7. The first-order chi connectivity index (χ1) is 52.8. The monoisotopic (exact) mass is 1500 g/mol. The van der Waals surface area contributed by atoms with E-state index in [2.05, 4.69) is 145 Å². The van der Waals surface area contributed by atoms with Crippen LogP contribution in [0.1, 0.15) is 169 Å². The molecule has 3 fully saturated rings. The predicted molar refractivity (Wildman–Crippen MR) is 412 cm³/mol. The number of aromatic nitrogens is 15. The van der Waals surface area contributed by atoms with Crippen molar-refractivity contribution < 1.29 is 26.3 Å². The van der Waals surface area contributed by atoms with E-state index in [1.807, 2.05) is 50.5 Å². The topological polar surface area (TPSA) is 229 Å². The third kappa shape index (κ3) is 15.9. The number of nitrogens with two attached hydrogens (primary N) is 1. The van der Waals surface area contributed by atoms with Crippen molar-refractivity contribution in [1.29, 1.82) is 0 Å². The first kappa shape index (κ1) is 74.4. The Morgan fingerprint density at radius 3 is 1.04 bits per heavy atom. The lowest BCUT2D eigenvalue weighted by molar-refractivity contribution is 0.222. The largest absolute Gasteiger partial charge is 0.384 e. The lowest BCUT2D eigenvalue weighted by Gasteiger charge is -2.31.